The quantitative estimate of drug-likeness (QED) is 0.381. The van der Waals surface area contributed by atoms with Crippen molar-refractivity contribution in [1.82, 2.24) is 0 Å². The molecular weight excluding hydrogens is 327 g/mol. The van der Waals surface area contributed by atoms with E-state index in [1.807, 2.05) is 0 Å². The molecule has 0 spiro atoms. The molecule has 0 bridgehead atoms. The number of carbonyl (C=O) groups is 2. The lowest BCUT2D eigenvalue weighted by molar-refractivity contribution is -0.142. The first-order valence-electron chi connectivity index (χ1n) is 6.67. The summed E-state index contributed by atoms with van der Waals surface area (Å²) in [5.74, 6) is -3.34. The van der Waals surface area contributed by atoms with E-state index in [0.29, 0.717) is 0 Å². The molecule has 9 heteroatoms. The molecule has 0 aliphatic rings. The van der Waals surface area contributed by atoms with E-state index < -0.39 is 37.1 Å². The van der Waals surface area contributed by atoms with Crippen LogP contribution in [0.2, 0.25) is 0 Å². The highest BCUT2D eigenvalue weighted by Gasteiger charge is 2.32. The summed E-state index contributed by atoms with van der Waals surface area (Å²) in [6, 6.07) is 3.63. The second-order valence-corrected chi connectivity index (χ2v) is 7.41. The predicted octanol–water partition coefficient (Wildman–Crippen LogP) is 1.19. The molecule has 1 rings (SSSR count). The van der Waals surface area contributed by atoms with Gasteiger partial charge < -0.3 is 24.6 Å². The first-order chi connectivity index (χ1) is 10.7. The zero-order valence-electron chi connectivity index (χ0n) is 12.8. The zero-order chi connectivity index (χ0) is 17.6. The molecule has 2 atom stereocenters. The van der Waals surface area contributed by atoms with Gasteiger partial charge in [0.15, 0.2) is 11.5 Å². The van der Waals surface area contributed by atoms with Gasteiger partial charge in [-0.3, -0.25) is 14.2 Å². The summed E-state index contributed by atoms with van der Waals surface area (Å²) >= 11 is 0. The fourth-order valence-electron chi connectivity index (χ4n) is 1.96. The predicted molar refractivity (Wildman–Crippen MR) is 80.7 cm³/mol. The molecule has 0 amide bonds. The molecule has 2 unspecified atom stereocenters. The molecule has 0 aliphatic heterocycles. The maximum atomic E-state index is 12.2. The number of rotatable bonds is 7. The van der Waals surface area contributed by atoms with Gasteiger partial charge in [0, 0.05) is 12.3 Å². The molecular formula is C14H19O8P. The Morgan fingerprint density at radius 2 is 1.83 bits per heavy atom. The maximum absolute atomic E-state index is 12.2. The summed E-state index contributed by atoms with van der Waals surface area (Å²) < 4.78 is 21.3. The van der Waals surface area contributed by atoms with Gasteiger partial charge in [-0.05, 0) is 17.7 Å². The third kappa shape index (κ3) is 5.58. The molecule has 1 aromatic rings. The number of aromatic hydroxyl groups is 2. The van der Waals surface area contributed by atoms with E-state index in [1.165, 1.54) is 13.2 Å². The highest BCUT2D eigenvalue weighted by Crippen LogP contribution is 2.46. The van der Waals surface area contributed by atoms with Gasteiger partial charge in [0.1, 0.15) is 0 Å². The average Bonchev–Trinajstić information content (AvgIpc) is 2.52. The van der Waals surface area contributed by atoms with E-state index in [1.54, 1.807) is 0 Å². The van der Waals surface area contributed by atoms with Crippen molar-refractivity contribution in [1.29, 1.82) is 0 Å². The van der Waals surface area contributed by atoms with E-state index in [2.05, 4.69) is 9.47 Å². The lowest BCUT2D eigenvalue weighted by atomic mass is 10.0. The monoisotopic (exact) mass is 346 g/mol. The molecule has 3 N–H and O–H groups in total. The van der Waals surface area contributed by atoms with Crippen LogP contribution < -0.4 is 0 Å². The normalized spacial score (nSPS) is 14.6. The van der Waals surface area contributed by atoms with Gasteiger partial charge in [0.2, 0.25) is 7.37 Å². The van der Waals surface area contributed by atoms with Gasteiger partial charge in [-0.1, -0.05) is 6.07 Å². The molecule has 23 heavy (non-hydrogen) atoms. The van der Waals surface area contributed by atoms with Gasteiger partial charge in [-0.15, -0.1) is 0 Å². The summed E-state index contributed by atoms with van der Waals surface area (Å²) in [5.41, 5.74) is 0.222. The number of ether oxygens (including phenoxy) is 2. The highest BCUT2D eigenvalue weighted by atomic mass is 31.2. The summed E-state index contributed by atoms with van der Waals surface area (Å²) in [6.45, 7) is 0. The molecule has 0 radical (unpaired) electrons. The molecule has 0 saturated heterocycles. The van der Waals surface area contributed by atoms with Crippen molar-refractivity contribution in [2.45, 2.75) is 12.3 Å². The van der Waals surface area contributed by atoms with Crippen molar-refractivity contribution in [3.63, 3.8) is 0 Å². The van der Waals surface area contributed by atoms with Crippen LogP contribution in [0.5, 0.6) is 11.5 Å². The van der Waals surface area contributed by atoms with Crippen LogP contribution in [0.3, 0.4) is 0 Å². The Hall–Kier alpha value is -2.05. The fourth-order valence-corrected chi connectivity index (χ4v) is 3.61. The highest BCUT2D eigenvalue weighted by molar-refractivity contribution is 7.58. The summed E-state index contributed by atoms with van der Waals surface area (Å²) in [5, 5.41) is 18.8. The first-order valence-corrected chi connectivity index (χ1v) is 8.70. The maximum Gasteiger partial charge on any atom is 0.313 e. The van der Waals surface area contributed by atoms with Crippen LogP contribution in [0, 0.1) is 0 Å². The second kappa shape index (κ2) is 7.99. The van der Waals surface area contributed by atoms with E-state index in [-0.39, 0.29) is 23.9 Å². The number of hydrogen-bond donors (Lipinski definition) is 3. The largest absolute Gasteiger partial charge is 0.504 e. The molecule has 0 heterocycles. The van der Waals surface area contributed by atoms with Crippen molar-refractivity contribution in [3.05, 3.63) is 23.8 Å². The van der Waals surface area contributed by atoms with Crippen LogP contribution >= 0.6 is 7.37 Å². The second-order valence-electron chi connectivity index (χ2n) is 4.90. The van der Waals surface area contributed by atoms with Crippen LogP contribution in [-0.2, 0) is 23.6 Å². The average molecular weight is 346 g/mol. The lowest BCUT2D eigenvalue weighted by Crippen LogP contribution is -2.19. The lowest BCUT2D eigenvalue weighted by Gasteiger charge is -2.19. The number of carbonyl (C=O) groups excluding carboxylic acids is 2. The Balaban J connectivity index is 2.98. The van der Waals surface area contributed by atoms with Crippen molar-refractivity contribution in [2.75, 3.05) is 26.5 Å². The molecule has 128 valence electrons. The SMILES string of the molecule is COC(=O)CCP(=O)(O)CC(C(=O)OC)c1ccc(O)c(O)c1. The number of hydrogen-bond acceptors (Lipinski definition) is 7. The van der Waals surface area contributed by atoms with Gasteiger partial charge in [0.25, 0.3) is 0 Å². The Labute approximate surface area is 133 Å². The standard InChI is InChI=1S/C14H19O8P/c1-21-13(17)5-6-23(19,20)8-10(14(18)22-2)9-3-4-11(15)12(16)7-9/h3-4,7,10,15-16H,5-6,8H2,1-2H3,(H,19,20). The van der Waals surface area contributed by atoms with Crippen molar-refractivity contribution in [3.8, 4) is 11.5 Å². The molecule has 0 saturated carbocycles. The van der Waals surface area contributed by atoms with Crippen molar-refractivity contribution >= 4 is 19.3 Å². The van der Waals surface area contributed by atoms with Crippen LogP contribution in [-0.4, -0.2) is 53.6 Å². The Morgan fingerprint density at radius 3 is 2.35 bits per heavy atom. The van der Waals surface area contributed by atoms with Crippen molar-refractivity contribution < 1.29 is 38.7 Å². The van der Waals surface area contributed by atoms with E-state index in [9.17, 15) is 29.3 Å². The smallest absolute Gasteiger partial charge is 0.313 e. The van der Waals surface area contributed by atoms with Crippen LogP contribution in [0.1, 0.15) is 17.9 Å². The van der Waals surface area contributed by atoms with Gasteiger partial charge in [-0.2, -0.15) is 0 Å². The van der Waals surface area contributed by atoms with Crippen LogP contribution in [0.25, 0.3) is 0 Å². The third-order valence-electron chi connectivity index (χ3n) is 3.25. The van der Waals surface area contributed by atoms with Crippen LogP contribution in [0.15, 0.2) is 18.2 Å². The molecule has 0 fully saturated rings. The first kappa shape index (κ1) is 19.0. The van der Waals surface area contributed by atoms with E-state index >= 15 is 0 Å². The Kier molecular flexibility index (Phi) is 6.60. The van der Waals surface area contributed by atoms with Crippen LogP contribution in [0.4, 0.5) is 0 Å². The minimum atomic E-state index is -3.82. The number of phenolic OH excluding ortho intramolecular Hbond substituents is 2. The number of phenols is 2. The zero-order valence-corrected chi connectivity index (χ0v) is 13.7. The minimum absolute atomic E-state index is 0.222. The van der Waals surface area contributed by atoms with Gasteiger partial charge >= 0.3 is 11.9 Å². The number of esters is 2. The number of benzene rings is 1. The molecule has 0 aromatic heterocycles. The molecule has 0 aliphatic carbocycles. The topological polar surface area (TPSA) is 130 Å². The Bertz CT molecular complexity index is 627. The fraction of sp³-hybridized carbons (Fsp3) is 0.429. The van der Waals surface area contributed by atoms with E-state index in [4.69, 9.17) is 0 Å². The summed E-state index contributed by atoms with van der Waals surface area (Å²) in [6.07, 6.45) is -1.04. The Morgan fingerprint density at radius 1 is 1.17 bits per heavy atom. The molecule has 1 aromatic carbocycles. The summed E-state index contributed by atoms with van der Waals surface area (Å²) in [7, 11) is -1.52. The minimum Gasteiger partial charge on any atom is -0.504 e. The van der Waals surface area contributed by atoms with Gasteiger partial charge in [0.05, 0.1) is 26.6 Å². The van der Waals surface area contributed by atoms with Gasteiger partial charge in [-0.25, -0.2) is 0 Å². The van der Waals surface area contributed by atoms with Crippen molar-refractivity contribution in [2.24, 2.45) is 0 Å². The summed E-state index contributed by atoms with van der Waals surface area (Å²) in [4.78, 5) is 33.0. The number of methoxy groups -OCH3 is 2. The third-order valence-corrected chi connectivity index (χ3v) is 5.11. The van der Waals surface area contributed by atoms with E-state index in [0.717, 1.165) is 19.2 Å². The molecule has 8 nitrogen and oxygen atoms in total.